The maximum absolute atomic E-state index is 12.3. The number of aromatic nitrogens is 1. The second-order valence-corrected chi connectivity index (χ2v) is 6.06. The first-order chi connectivity index (χ1) is 11.8. The van der Waals surface area contributed by atoms with Crippen LogP contribution in [0.15, 0.2) is 48.7 Å². The van der Waals surface area contributed by atoms with Crippen LogP contribution in [-0.4, -0.2) is 37.6 Å². The van der Waals surface area contributed by atoms with Crippen molar-refractivity contribution in [3.8, 4) is 5.75 Å². The van der Waals surface area contributed by atoms with E-state index >= 15 is 0 Å². The molecule has 0 aliphatic carbocycles. The van der Waals surface area contributed by atoms with E-state index in [0.717, 1.165) is 31.7 Å². The molecule has 3 rings (SSSR count). The van der Waals surface area contributed by atoms with Gasteiger partial charge in [-0.1, -0.05) is 12.1 Å². The Morgan fingerprint density at radius 1 is 1.25 bits per heavy atom. The molecule has 0 spiro atoms. The van der Waals surface area contributed by atoms with Gasteiger partial charge in [0.25, 0.3) is 5.91 Å². The average molecular weight is 325 g/mol. The van der Waals surface area contributed by atoms with Gasteiger partial charge in [-0.2, -0.15) is 0 Å². The molecule has 1 aromatic carbocycles. The van der Waals surface area contributed by atoms with Crippen LogP contribution in [0.5, 0.6) is 5.75 Å². The number of ether oxygens (including phenoxy) is 1. The Labute approximate surface area is 142 Å². The lowest BCUT2D eigenvalue weighted by molar-refractivity contribution is 0.0944. The van der Waals surface area contributed by atoms with Gasteiger partial charge in [-0.3, -0.25) is 4.79 Å². The summed E-state index contributed by atoms with van der Waals surface area (Å²) in [4.78, 5) is 19.0. The summed E-state index contributed by atoms with van der Waals surface area (Å²) in [5.41, 5.74) is 0.639. The van der Waals surface area contributed by atoms with Crippen molar-refractivity contribution in [3.63, 3.8) is 0 Å². The molecule has 1 amide bonds. The number of methoxy groups -OCH3 is 1. The predicted molar refractivity (Wildman–Crippen MR) is 94.5 cm³/mol. The van der Waals surface area contributed by atoms with Gasteiger partial charge in [0.15, 0.2) is 0 Å². The highest BCUT2D eigenvalue weighted by atomic mass is 16.5. The van der Waals surface area contributed by atoms with Gasteiger partial charge in [0, 0.05) is 31.4 Å². The van der Waals surface area contributed by atoms with Crippen molar-refractivity contribution >= 4 is 11.7 Å². The molecule has 0 saturated carbocycles. The van der Waals surface area contributed by atoms with Gasteiger partial charge in [-0.05, 0) is 49.1 Å². The number of nitrogens with zero attached hydrogens (tertiary/aromatic N) is 2. The number of benzene rings is 1. The number of carbonyl (C=O) groups excluding carboxylic acids is 1. The standard InChI is InChI=1S/C19H23N3O2/c1-24-17-6-4-5-16(13-17)19(23)21-14-15-8-11-22(12-9-15)18-7-2-3-10-20-18/h2-7,10,13,15H,8-9,11-12,14H2,1H3,(H,21,23). The molecule has 0 atom stereocenters. The zero-order chi connectivity index (χ0) is 16.8. The summed E-state index contributed by atoms with van der Waals surface area (Å²) >= 11 is 0. The molecule has 5 heteroatoms. The molecule has 2 heterocycles. The Morgan fingerprint density at radius 3 is 2.79 bits per heavy atom. The molecule has 126 valence electrons. The van der Waals surface area contributed by atoms with Crippen molar-refractivity contribution in [1.82, 2.24) is 10.3 Å². The van der Waals surface area contributed by atoms with Crippen LogP contribution in [0.3, 0.4) is 0 Å². The zero-order valence-electron chi connectivity index (χ0n) is 13.9. The van der Waals surface area contributed by atoms with E-state index in [-0.39, 0.29) is 5.91 Å². The van der Waals surface area contributed by atoms with Gasteiger partial charge in [0.1, 0.15) is 11.6 Å². The molecule has 0 radical (unpaired) electrons. The summed E-state index contributed by atoms with van der Waals surface area (Å²) in [7, 11) is 1.60. The summed E-state index contributed by atoms with van der Waals surface area (Å²) in [5.74, 6) is 2.21. The van der Waals surface area contributed by atoms with Crippen LogP contribution in [0.4, 0.5) is 5.82 Å². The summed E-state index contributed by atoms with van der Waals surface area (Å²) in [6.07, 6.45) is 3.96. The Morgan fingerprint density at radius 2 is 2.08 bits per heavy atom. The lowest BCUT2D eigenvalue weighted by Crippen LogP contribution is -2.39. The molecule has 1 N–H and O–H groups in total. The van der Waals surface area contributed by atoms with Crippen LogP contribution >= 0.6 is 0 Å². The van der Waals surface area contributed by atoms with E-state index in [9.17, 15) is 4.79 Å². The number of amides is 1. The number of pyridine rings is 1. The predicted octanol–water partition coefficient (Wildman–Crippen LogP) is 2.74. The zero-order valence-corrected chi connectivity index (χ0v) is 13.9. The van der Waals surface area contributed by atoms with Crippen LogP contribution in [0.1, 0.15) is 23.2 Å². The number of anilines is 1. The lowest BCUT2D eigenvalue weighted by atomic mass is 9.96. The van der Waals surface area contributed by atoms with E-state index in [2.05, 4.69) is 15.2 Å². The van der Waals surface area contributed by atoms with Crippen molar-refractivity contribution in [2.75, 3.05) is 31.6 Å². The second-order valence-electron chi connectivity index (χ2n) is 6.06. The minimum absolute atomic E-state index is 0.0407. The van der Waals surface area contributed by atoms with Crippen LogP contribution in [-0.2, 0) is 0 Å². The third kappa shape index (κ3) is 4.04. The SMILES string of the molecule is COc1cccc(C(=O)NCC2CCN(c3ccccn3)CC2)c1. The van der Waals surface area contributed by atoms with Crippen LogP contribution in [0.2, 0.25) is 0 Å². The molecular formula is C19H23N3O2. The van der Waals surface area contributed by atoms with Crippen molar-refractivity contribution in [2.24, 2.45) is 5.92 Å². The van der Waals surface area contributed by atoms with E-state index < -0.39 is 0 Å². The number of rotatable bonds is 5. The van der Waals surface area contributed by atoms with Gasteiger partial charge >= 0.3 is 0 Å². The largest absolute Gasteiger partial charge is 0.497 e. The molecule has 5 nitrogen and oxygen atoms in total. The number of piperidine rings is 1. The number of nitrogens with one attached hydrogen (secondary N) is 1. The molecular weight excluding hydrogens is 302 g/mol. The molecule has 1 aliphatic heterocycles. The molecule has 1 aliphatic rings. The van der Waals surface area contributed by atoms with E-state index in [1.807, 2.05) is 42.6 Å². The Kier molecular flexibility index (Phi) is 5.31. The van der Waals surface area contributed by atoms with E-state index in [1.165, 1.54) is 0 Å². The summed E-state index contributed by atoms with van der Waals surface area (Å²) < 4.78 is 5.16. The minimum Gasteiger partial charge on any atom is -0.497 e. The maximum atomic E-state index is 12.3. The fourth-order valence-corrected chi connectivity index (χ4v) is 3.01. The summed E-state index contributed by atoms with van der Waals surface area (Å²) in [5, 5.41) is 3.05. The Balaban J connectivity index is 1.47. The highest BCUT2D eigenvalue weighted by Crippen LogP contribution is 2.21. The first-order valence-electron chi connectivity index (χ1n) is 8.34. The first-order valence-corrected chi connectivity index (χ1v) is 8.34. The Hall–Kier alpha value is -2.56. The van der Waals surface area contributed by atoms with Crippen molar-refractivity contribution in [3.05, 3.63) is 54.2 Å². The third-order valence-electron chi connectivity index (χ3n) is 4.47. The quantitative estimate of drug-likeness (QED) is 0.918. The van der Waals surface area contributed by atoms with Crippen LogP contribution in [0, 0.1) is 5.92 Å². The fraction of sp³-hybridized carbons (Fsp3) is 0.368. The smallest absolute Gasteiger partial charge is 0.251 e. The molecule has 1 aromatic heterocycles. The molecule has 24 heavy (non-hydrogen) atoms. The number of carbonyl (C=O) groups is 1. The normalized spacial score (nSPS) is 15.1. The maximum Gasteiger partial charge on any atom is 0.251 e. The van der Waals surface area contributed by atoms with Gasteiger partial charge in [-0.25, -0.2) is 4.98 Å². The van der Waals surface area contributed by atoms with Gasteiger partial charge < -0.3 is 15.0 Å². The highest BCUT2D eigenvalue weighted by molar-refractivity contribution is 5.94. The van der Waals surface area contributed by atoms with Crippen molar-refractivity contribution < 1.29 is 9.53 Å². The Bertz CT molecular complexity index is 667. The van der Waals surface area contributed by atoms with Crippen LogP contribution < -0.4 is 15.0 Å². The van der Waals surface area contributed by atoms with Gasteiger partial charge in [-0.15, -0.1) is 0 Å². The topological polar surface area (TPSA) is 54.5 Å². The van der Waals surface area contributed by atoms with Crippen molar-refractivity contribution in [2.45, 2.75) is 12.8 Å². The number of hydrogen-bond acceptors (Lipinski definition) is 4. The summed E-state index contributed by atoms with van der Waals surface area (Å²) in [6.45, 7) is 2.68. The molecule has 1 fully saturated rings. The van der Waals surface area contributed by atoms with E-state index in [4.69, 9.17) is 4.74 Å². The molecule has 0 unspecified atom stereocenters. The number of hydrogen-bond donors (Lipinski definition) is 1. The van der Waals surface area contributed by atoms with Crippen LogP contribution in [0.25, 0.3) is 0 Å². The molecule has 2 aromatic rings. The fourth-order valence-electron chi connectivity index (χ4n) is 3.01. The van der Waals surface area contributed by atoms with Crippen molar-refractivity contribution in [1.29, 1.82) is 0 Å². The summed E-state index contributed by atoms with van der Waals surface area (Å²) in [6, 6.07) is 13.2. The average Bonchev–Trinajstić information content (AvgIpc) is 2.67. The highest BCUT2D eigenvalue weighted by Gasteiger charge is 2.20. The van der Waals surface area contributed by atoms with E-state index in [0.29, 0.717) is 23.8 Å². The first kappa shape index (κ1) is 16.3. The second kappa shape index (κ2) is 7.81. The lowest BCUT2D eigenvalue weighted by Gasteiger charge is -2.32. The van der Waals surface area contributed by atoms with Gasteiger partial charge in [0.2, 0.25) is 0 Å². The monoisotopic (exact) mass is 325 g/mol. The molecule has 1 saturated heterocycles. The minimum atomic E-state index is -0.0407. The molecule has 0 bridgehead atoms. The van der Waals surface area contributed by atoms with Gasteiger partial charge in [0.05, 0.1) is 7.11 Å². The van der Waals surface area contributed by atoms with E-state index in [1.54, 1.807) is 13.2 Å². The third-order valence-corrected chi connectivity index (χ3v) is 4.47.